The molecule has 4 nitrogen and oxygen atoms in total. The predicted molar refractivity (Wildman–Crippen MR) is 209 cm³/mol. The third-order valence-electron chi connectivity index (χ3n) is 11.0. The molecule has 0 fully saturated rings. The standard InChI is InChI=1S/C47H30N4/c1-47(2)39-19-8-4-15-32(39)37-25-38-35-18-7-9-20-42(35)50(45(38)26-40(37)47)31-14-12-13-29(23-31)36-24-30(28-48)41(49-3)27-46(36)51-43-21-10-5-16-33(43)34-17-6-11-22-44(34)51/h4-27H,1-2H3. The van der Waals surface area contributed by atoms with E-state index in [0.29, 0.717) is 11.3 Å². The van der Waals surface area contributed by atoms with Crippen LogP contribution in [-0.4, -0.2) is 9.13 Å². The van der Waals surface area contributed by atoms with Crippen molar-refractivity contribution >= 4 is 49.3 Å². The van der Waals surface area contributed by atoms with Gasteiger partial charge in [-0.15, -0.1) is 0 Å². The lowest BCUT2D eigenvalue weighted by atomic mass is 9.82. The Morgan fingerprint density at radius 1 is 0.549 bits per heavy atom. The average molecular weight is 651 g/mol. The summed E-state index contributed by atoms with van der Waals surface area (Å²) in [6.45, 7) is 12.6. The zero-order chi connectivity index (χ0) is 34.4. The largest absolute Gasteiger partial charge is 0.310 e. The summed E-state index contributed by atoms with van der Waals surface area (Å²) in [6, 6.07) is 53.7. The Morgan fingerprint density at radius 2 is 1.18 bits per heavy atom. The summed E-state index contributed by atoms with van der Waals surface area (Å²) in [5, 5.41) is 14.9. The molecule has 0 spiro atoms. The fraction of sp³-hybridized carbons (Fsp3) is 0.0638. The van der Waals surface area contributed by atoms with E-state index in [4.69, 9.17) is 6.57 Å². The van der Waals surface area contributed by atoms with E-state index in [9.17, 15) is 5.26 Å². The first-order valence-electron chi connectivity index (χ1n) is 17.2. The zero-order valence-electron chi connectivity index (χ0n) is 28.1. The maximum Gasteiger partial charge on any atom is 0.206 e. The molecule has 0 atom stereocenters. The minimum atomic E-state index is -0.126. The highest BCUT2D eigenvalue weighted by atomic mass is 15.0. The van der Waals surface area contributed by atoms with Crippen molar-refractivity contribution in [1.29, 1.82) is 5.26 Å². The molecule has 238 valence electrons. The van der Waals surface area contributed by atoms with Crippen molar-refractivity contribution in [2.45, 2.75) is 19.3 Å². The summed E-state index contributed by atoms with van der Waals surface area (Å²) >= 11 is 0. The Morgan fingerprint density at radius 3 is 1.86 bits per heavy atom. The monoisotopic (exact) mass is 650 g/mol. The second-order valence-corrected chi connectivity index (χ2v) is 14.0. The molecule has 0 radical (unpaired) electrons. The highest BCUT2D eigenvalue weighted by molar-refractivity contribution is 6.12. The first kappa shape index (κ1) is 29.1. The normalized spacial score (nSPS) is 13.0. The van der Waals surface area contributed by atoms with Crippen molar-refractivity contribution in [3.8, 4) is 39.7 Å². The molecule has 0 aliphatic heterocycles. The van der Waals surface area contributed by atoms with Gasteiger partial charge in [-0.3, -0.25) is 0 Å². The van der Waals surface area contributed by atoms with E-state index in [1.54, 1.807) is 0 Å². The second-order valence-electron chi connectivity index (χ2n) is 14.0. The van der Waals surface area contributed by atoms with Gasteiger partial charge < -0.3 is 9.13 Å². The first-order chi connectivity index (χ1) is 25.0. The molecule has 9 aromatic rings. The number of aromatic nitrogens is 2. The Bertz CT molecular complexity index is 2980. The van der Waals surface area contributed by atoms with Crippen molar-refractivity contribution in [3.05, 3.63) is 174 Å². The molecule has 0 saturated heterocycles. The van der Waals surface area contributed by atoms with Crippen LogP contribution in [0.5, 0.6) is 0 Å². The lowest BCUT2D eigenvalue weighted by molar-refractivity contribution is 0.661. The predicted octanol–water partition coefficient (Wildman–Crippen LogP) is 12.3. The average Bonchev–Trinajstić information content (AvgIpc) is 3.76. The van der Waals surface area contributed by atoms with Crippen molar-refractivity contribution < 1.29 is 0 Å². The quantitative estimate of drug-likeness (QED) is 0.175. The van der Waals surface area contributed by atoms with Gasteiger partial charge in [-0.2, -0.15) is 5.26 Å². The molecule has 0 unspecified atom stereocenters. The maximum atomic E-state index is 10.2. The smallest absolute Gasteiger partial charge is 0.206 e. The third kappa shape index (κ3) is 3.99. The zero-order valence-corrected chi connectivity index (χ0v) is 28.1. The van der Waals surface area contributed by atoms with Gasteiger partial charge in [0.15, 0.2) is 0 Å². The molecule has 2 heterocycles. The van der Waals surface area contributed by atoms with E-state index < -0.39 is 0 Å². The van der Waals surface area contributed by atoms with E-state index in [-0.39, 0.29) is 5.41 Å². The van der Waals surface area contributed by atoms with Crippen molar-refractivity contribution in [2.24, 2.45) is 0 Å². The summed E-state index contributed by atoms with van der Waals surface area (Å²) in [7, 11) is 0. The van der Waals surface area contributed by atoms with Crippen LogP contribution in [0.25, 0.3) is 82.1 Å². The minimum Gasteiger partial charge on any atom is -0.310 e. The van der Waals surface area contributed by atoms with Gasteiger partial charge in [0, 0.05) is 43.9 Å². The Hall–Kier alpha value is -6.88. The number of hydrogen-bond donors (Lipinski definition) is 0. The van der Waals surface area contributed by atoms with Gasteiger partial charge in [0.05, 0.1) is 40.3 Å². The Kier molecular flexibility index (Phi) is 6.02. The summed E-state index contributed by atoms with van der Waals surface area (Å²) in [4.78, 5) is 3.80. The molecule has 0 saturated carbocycles. The SMILES string of the molecule is [C-]#[N+]c1cc(-n2c3ccccc3c3ccccc32)c(-c2cccc(-n3c4ccccc4c4cc5c(cc43)C(C)(C)c3ccccc3-5)c2)cc1C#N. The van der Waals surface area contributed by atoms with E-state index in [2.05, 4.69) is 167 Å². The van der Waals surface area contributed by atoms with Crippen LogP contribution in [0.15, 0.2) is 146 Å². The molecular weight excluding hydrogens is 621 g/mol. The number of rotatable bonds is 3. The van der Waals surface area contributed by atoms with Crippen molar-refractivity contribution in [1.82, 2.24) is 9.13 Å². The summed E-state index contributed by atoms with van der Waals surface area (Å²) in [6.07, 6.45) is 0. The molecular formula is C47H30N4. The van der Waals surface area contributed by atoms with Crippen molar-refractivity contribution in [2.75, 3.05) is 0 Å². The van der Waals surface area contributed by atoms with Gasteiger partial charge in [-0.05, 0) is 82.4 Å². The molecule has 0 N–H and O–H groups in total. The molecule has 2 aromatic heterocycles. The van der Waals surface area contributed by atoms with Crippen LogP contribution >= 0.6 is 0 Å². The van der Waals surface area contributed by atoms with Crippen LogP contribution in [-0.2, 0) is 5.41 Å². The van der Waals surface area contributed by atoms with Crippen LogP contribution in [0.3, 0.4) is 0 Å². The number of hydrogen-bond acceptors (Lipinski definition) is 1. The van der Waals surface area contributed by atoms with Crippen LogP contribution in [0.4, 0.5) is 5.69 Å². The van der Waals surface area contributed by atoms with Gasteiger partial charge >= 0.3 is 0 Å². The molecule has 1 aliphatic rings. The number of benzene rings is 7. The summed E-state index contributed by atoms with van der Waals surface area (Å²) in [5.41, 5.74) is 14.1. The van der Waals surface area contributed by atoms with E-state index in [1.807, 2.05) is 12.1 Å². The minimum absolute atomic E-state index is 0.126. The van der Waals surface area contributed by atoms with Gasteiger partial charge in [0.25, 0.3) is 0 Å². The fourth-order valence-corrected chi connectivity index (χ4v) is 8.61. The molecule has 0 amide bonds. The molecule has 51 heavy (non-hydrogen) atoms. The third-order valence-corrected chi connectivity index (χ3v) is 11.0. The molecule has 10 rings (SSSR count). The van der Waals surface area contributed by atoms with Crippen molar-refractivity contribution in [3.63, 3.8) is 0 Å². The van der Waals surface area contributed by atoms with Crippen LogP contribution in [0, 0.1) is 17.9 Å². The van der Waals surface area contributed by atoms with Gasteiger partial charge in [-0.25, -0.2) is 4.85 Å². The fourth-order valence-electron chi connectivity index (χ4n) is 8.61. The maximum absolute atomic E-state index is 10.2. The van der Waals surface area contributed by atoms with Gasteiger partial charge in [0.1, 0.15) is 0 Å². The Balaban J connectivity index is 1.25. The van der Waals surface area contributed by atoms with Gasteiger partial charge in [-0.1, -0.05) is 105 Å². The number of fused-ring (bicyclic) bond motifs is 9. The van der Waals surface area contributed by atoms with Crippen LogP contribution < -0.4 is 0 Å². The van der Waals surface area contributed by atoms with E-state index >= 15 is 0 Å². The summed E-state index contributed by atoms with van der Waals surface area (Å²) in [5.74, 6) is 0. The van der Waals surface area contributed by atoms with Crippen LogP contribution in [0.2, 0.25) is 0 Å². The molecule has 4 heteroatoms. The molecule has 7 aromatic carbocycles. The van der Waals surface area contributed by atoms with E-state index in [0.717, 1.165) is 55.3 Å². The van der Waals surface area contributed by atoms with E-state index in [1.165, 1.54) is 33.0 Å². The lowest BCUT2D eigenvalue weighted by Gasteiger charge is -2.21. The number of nitriles is 1. The molecule has 0 bridgehead atoms. The first-order valence-corrected chi connectivity index (χ1v) is 17.2. The number of nitrogens with zero attached hydrogens (tertiary/aromatic N) is 4. The topological polar surface area (TPSA) is 38.0 Å². The Labute approximate surface area is 295 Å². The van der Waals surface area contributed by atoms with Gasteiger partial charge in [0.2, 0.25) is 5.69 Å². The highest BCUT2D eigenvalue weighted by Gasteiger charge is 2.36. The second kappa shape index (κ2) is 10.6. The highest BCUT2D eigenvalue weighted by Crippen LogP contribution is 2.51. The molecule has 1 aliphatic carbocycles. The summed E-state index contributed by atoms with van der Waals surface area (Å²) < 4.78 is 4.62. The lowest BCUT2D eigenvalue weighted by Crippen LogP contribution is -2.14. The van der Waals surface area contributed by atoms with Crippen LogP contribution in [0.1, 0.15) is 30.5 Å². The number of para-hydroxylation sites is 3.